The molecule has 1 atom stereocenters. The maximum Gasteiger partial charge on any atom is 0.354 e. The molecule has 4 heteroatoms. The molecule has 4 nitrogen and oxygen atoms in total. The van der Waals surface area contributed by atoms with Crippen LogP contribution >= 0.6 is 0 Å². The molecule has 0 bridgehead atoms. The second kappa shape index (κ2) is 5.49. The molecule has 1 rings (SSSR count). The number of rotatable bonds is 5. The van der Waals surface area contributed by atoms with Crippen LogP contribution in [0.25, 0.3) is 0 Å². The predicted molar refractivity (Wildman–Crippen MR) is 63.7 cm³/mol. The minimum atomic E-state index is -0.998. The molecule has 0 amide bonds. The molecule has 0 saturated carbocycles. The average molecular weight is 222 g/mol. The highest BCUT2D eigenvalue weighted by atomic mass is 16.4. The third-order valence-electron chi connectivity index (χ3n) is 2.22. The summed E-state index contributed by atoms with van der Waals surface area (Å²) < 4.78 is 0. The van der Waals surface area contributed by atoms with Crippen LogP contribution in [-0.2, 0) is 0 Å². The lowest BCUT2D eigenvalue weighted by Gasteiger charge is -2.16. The van der Waals surface area contributed by atoms with Crippen molar-refractivity contribution in [1.29, 1.82) is 0 Å². The number of hydrogen-bond acceptors (Lipinski definition) is 3. The molecule has 1 heterocycles. The number of hydrogen-bond donors (Lipinski definition) is 2. The molecule has 0 aromatic carbocycles. The monoisotopic (exact) mass is 222 g/mol. The number of carbonyl (C=O) groups is 1. The fourth-order valence-electron chi connectivity index (χ4n) is 1.66. The molecule has 2 N–H and O–H groups in total. The topological polar surface area (TPSA) is 62.2 Å². The van der Waals surface area contributed by atoms with E-state index in [0.29, 0.717) is 12.0 Å². The predicted octanol–water partition coefficient (Wildman–Crippen LogP) is 2.63. The van der Waals surface area contributed by atoms with E-state index < -0.39 is 5.97 Å². The smallest absolute Gasteiger partial charge is 0.354 e. The molecule has 88 valence electrons. The van der Waals surface area contributed by atoms with Crippen molar-refractivity contribution in [3.63, 3.8) is 0 Å². The van der Waals surface area contributed by atoms with Gasteiger partial charge in [-0.3, -0.25) is 0 Å². The fourth-order valence-corrected chi connectivity index (χ4v) is 1.66. The number of carboxylic acids is 1. The van der Waals surface area contributed by atoms with Crippen molar-refractivity contribution < 1.29 is 9.90 Å². The van der Waals surface area contributed by atoms with E-state index >= 15 is 0 Å². The Balaban J connectivity index is 2.58. The first-order valence-electron chi connectivity index (χ1n) is 5.45. The van der Waals surface area contributed by atoms with Crippen LogP contribution in [0.5, 0.6) is 0 Å². The van der Waals surface area contributed by atoms with E-state index in [0.717, 1.165) is 12.1 Å². The van der Waals surface area contributed by atoms with Crippen LogP contribution in [0, 0.1) is 5.92 Å². The molecule has 1 aromatic heterocycles. The van der Waals surface area contributed by atoms with Crippen LogP contribution < -0.4 is 5.32 Å². The van der Waals surface area contributed by atoms with Gasteiger partial charge in [0.05, 0.1) is 11.9 Å². The third-order valence-corrected chi connectivity index (χ3v) is 2.22. The fraction of sp³-hybridized carbons (Fsp3) is 0.500. The Hall–Kier alpha value is -1.58. The Kier molecular flexibility index (Phi) is 4.28. The van der Waals surface area contributed by atoms with Crippen molar-refractivity contribution in [2.24, 2.45) is 5.92 Å². The van der Waals surface area contributed by atoms with E-state index in [9.17, 15) is 4.79 Å². The van der Waals surface area contributed by atoms with Crippen LogP contribution in [-0.4, -0.2) is 22.1 Å². The summed E-state index contributed by atoms with van der Waals surface area (Å²) >= 11 is 0. The van der Waals surface area contributed by atoms with Gasteiger partial charge in [-0.15, -0.1) is 0 Å². The van der Waals surface area contributed by atoms with Crippen molar-refractivity contribution >= 4 is 11.7 Å². The van der Waals surface area contributed by atoms with Gasteiger partial charge in [-0.2, -0.15) is 0 Å². The summed E-state index contributed by atoms with van der Waals surface area (Å²) in [6, 6.07) is 3.61. The first kappa shape index (κ1) is 12.5. The van der Waals surface area contributed by atoms with Gasteiger partial charge >= 0.3 is 5.97 Å². The van der Waals surface area contributed by atoms with E-state index in [1.165, 1.54) is 6.07 Å². The Morgan fingerprint density at radius 3 is 2.56 bits per heavy atom. The summed E-state index contributed by atoms with van der Waals surface area (Å²) in [7, 11) is 0. The third kappa shape index (κ3) is 3.88. The lowest BCUT2D eigenvalue weighted by atomic mass is 10.1. The second-order valence-electron chi connectivity index (χ2n) is 4.41. The Morgan fingerprint density at radius 1 is 1.44 bits per heavy atom. The number of aromatic nitrogens is 1. The zero-order chi connectivity index (χ0) is 12.1. The van der Waals surface area contributed by atoms with Crippen LogP contribution in [0.2, 0.25) is 0 Å². The van der Waals surface area contributed by atoms with Gasteiger partial charge in [-0.25, -0.2) is 9.78 Å². The lowest BCUT2D eigenvalue weighted by Crippen LogP contribution is -2.17. The zero-order valence-electron chi connectivity index (χ0n) is 9.90. The minimum absolute atomic E-state index is 0.0714. The Bertz CT molecular complexity index is 347. The molecule has 0 aliphatic heterocycles. The van der Waals surface area contributed by atoms with Crippen molar-refractivity contribution in [1.82, 2.24) is 4.98 Å². The standard InChI is InChI=1S/C12H18N2O2/c1-8(2)6-9(3)14-10-4-5-11(12(15)16)13-7-10/h4-5,7-9,14H,6H2,1-3H3,(H,15,16). The largest absolute Gasteiger partial charge is 0.477 e. The number of pyridine rings is 1. The SMILES string of the molecule is CC(C)CC(C)Nc1ccc(C(=O)O)nc1. The van der Waals surface area contributed by atoms with Crippen LogP contribution in [0.4, 0.5) is 5.69 Å². The molecule has 0 spiro atoms. The average Bonchev–Trinajstić information content (AvgIpc) is 2.16. The second-order valence-corrected chi connectivity index (χ2v) is 4.41. The van der Waals surface area contributed by atoms with Gasteiger partial charge in [0.25, 0.3) is 0 Å². The van der Waals surface area contributed by atoms with E-state index in [1.807, 2.05) is 0 Å². The Labute approximate surface area is 95.7 Å². The summed E-state index contributed by atoms with van der Waals surface area (Å²) in [5, 5.41) is 12.0. The maximum atomic E-state index is 10.6. The van der Waals surface area contributed by atoms with Crippen molar-refractivity contribution in [2.75, 3.05) is 5.32 Å². The first-order valence-corrected chi connectivity index (χ1v) is 5.45. The summed E-state index contributed by atoms with van der Waals surface area (Å²) in [6.07, 6.45) is 2.63. The number of carboxylic acid groups (broad SMARTS) is 1. The number of aromatic carboxylic acids is 1. The van der Waals surface area contributed by atoms with E-state index in [1.54, 1.807) is 12.3 Å². The highest BCUT2D eigenvalue weighted by molar-refractivity contribution is 5.85. The molecule has 16 heavy (non-hydrogen) atoms. The lowest BCUT2D eigenvalue weighted by molar-refractivity contribution is 0.0690. The number of anilines is 1. The molecule has 0 saturated heterocycles. The summed E-state index contributed by atoms with van der Waals surface area (Å²) in [5.41, 5.74) is 0.931. The van der Waals surface area contributed by atoms with Crippen molar-refractivity contribution in [3.05, 3.63) is 24.0 Å². The molecule has 0 fully saturated rings. The van der Waals surface area contributed by atoms with Gasteiger partial charge in [0.1, 0.15) is 5.69 Å². The number of nitrogens with one attached hydrogen (secondary N) is 1. The highest BCUT2D eigenvalue weighted by Gasteiger charge is 2.07. The van der Waals surface area contributed by atoms with Gasteiger partial charge in [0.2, 0.25) is 0 Å². The highest BCUT2D eigenvalue weighted by Crippen LogP contribution is 2.12. The van der Waals surface area contributed by atoms with E-state index in [-0.39, 0.29) is 5.69 Å². The molecular formula is C12H18N2O2. The van der Waals surface area contributed by atoms with Gasteiger partial charge in [0, 0.05) is 6.04 Å². The van der Waals surface area contributed by atoms with E-state index in [2.05, 4.69) is 31.1 Å². The van der Waals surface area contributed by atoms with Crippen molar-refractivity contribution in [2.45, 2.75) is 33.2 Å². The molecule has 0 aliphatic carbocycles. The van der Waals surface area contributed by atoms with Gasteiger partial charge in [-0.1, -0.05) is 13.8 Å². The van der Waals surface area contributed by atoms with E-state index in [4.69, 9.17) is 5.11 Å². The quantitative estimate of drug-likeness (QED) is 0.804. The van der Waals surface area contributed by atoms with Crippen LogP contribution in [0.3, 0.4) is 0 Å². The van der Waals surface area contributed by atoms with Gasteiger partial charge in [0.15, 0.2) is 0 Å². The molecule has 1 aromatic rings. The Morgan fingerprint density at radius 2 is 2.12 bits per heavy atom. The van der Waals surface area contributed by atoms with Gasteiger partial charge in [-0.05, 0) is 31.4 Å². The van der Waals surface area contributed by atoms with Crippen LogP contribution in [0.1, 0.15) is 37.7 Å². The van der Waals surface area contributed by atoms with Crippen LogP contribution in [0.15, 0.2) is 18.3 Å². The summed E-state index contributed by atoms with van der Waals surface area (Å²) in [5.74, 6) is -0.365. The summed E-state index contributed by atoms with van der Waals surface area (Å²) in [6.45, 7) is 6.44. The minimum Gasteiger partial charge on any atom is -0.477 e. The molecule has 1 unspecified atom stereocenters. The summed E-state index contributed by atoms with van der Waals surface area (Å²) in [4.78, 5) is 14.4. The first-order chi connectivity index (χ1) is 7.49. The molecular weight excluding hydrogens is 204 g/mol. The van der Waals surface area contributed by atoms with Crippen molar-refractivity contribution in [3.8, 4) is 0 Å². The zero-order valence-corrected chi connectivity index (χ0v) is 9.90. The maximum absolute atomic E-state index is 10.6. The normalized spacial score (nSPS) is 12.5. The molecule has 0 aliphatic rings. The van der Waals surface area contributed by atoms with Gasteiger partial charge < -0.3 is 10.4 Å². The number of nitrogens with zero attached hydrogens (tertiary/aromatic N) is 1. The molecule has 0 radical (unpaired) electrons.